The molecule has 8 nitrogen and oxygen atoms in total. The van der Waals surface area contributed by atoms with Crippen molar-refractivity contribution in [2.45, 2.75) is 17.9 Å². The van der Waals surface area contributed by atoms with Gasteiger partial charge in [0.15, 0.2) is 0 Å². The summed E-state index contributed by atoms with van der Waals surface area (Å²) >= 11 is 8.10. The van der Waals surface area contributed by atoms with Crippen LogP contribution in [-0.4, -0.2) is 51.8 Å². The van der Waals surface area contributed by atoms with Crippen LogP contribution in [0.15, 0.2) is 76.7 Å². The van der Waals surface area contributed by atoms with Crippen molar-refractivity contribution in [3.63, 3.8) is 0 Å². The highest BCUT2D eigenvalue weighted by molar-refractivity contribution is 8.00. The van der Waals surface area contributed by atoms with Gasteiger partial charge in [0.1, 0.15) is 24.1 Å². The Hall–Kier alpha value is -3.21. The number of hydrogen-bond acceptors (Lipinski definition) is 7. The maximum atomic E-state index is 13.5. The van der Waals surface area contributed by atoms with Crippen LogP contribution in [-0.2, 0) is 14.8 Å². The van der Waals surface area contributed by atoms with E-state index in [1.54, 1.807) is 18.2 Å². The first kappa shape index (κ1) is 26.8. The molecule has 1 fully saturated rings. The van der Waals surface area contributed by atoms with E-state index >= 15 is 0 Å². The van der Waals surface area contributed by atoms with Crippen LogP contribution in [0, 0.1) is 6.92 Å². The number of carbonyl (C=O) groups is 1. The lowest BCUT2D eigenvalue weighted by Gasteiger charge is -2.25. The van der Waals surface area contributed by atoms with Crippen LogP contribution in [0.1, 0.15) is 11.1 Å². The molecule has 11 heteroatoms. The van der Waals surface area contributed by atoms with E-state index in [1.165, 1.54) is 37.6 Å². The Bertz CT molecular complexity index is 1380. The van der Waals surface area contributed by atoms with E-state index in [0.29, 0.717) is 5.75 Å². The summed E-state index contributed by atoms with van der Waals surface area (Å²) in [6.07, 6.45) is 1.73. The SMILES string of the molecule is COc1ccc(N(CC(=O)N/N=C\c2ccc(OC3CSC3)cc2)S(=O)(=O)c2ccc(C)cc2)cc1Cl. The Kier molecular flexibility index (Phi) is 8.63. The fraction of sp³-hybridized carbons (Fsp3) is 0.231. The Morgan fingerprint density at radius 3 is 2.43 bits per heavy atom. The molecule has 1 amide bonds. The van der Waals surface area contributed by atoms with Gasteiger partial charge in [0.05, 0.1) is 28.9 Å². The molecule has 0 bridgehead atoms. The molecule has 0 spiro atoms. The predicted octanol–water partition coefficient (Wildman–Crippen LogP) is 4.50. The summed E-state index contributed by atoms with van der Waals surface area (Å²) in [5.41, 5.74) is 4.27. The first-order valence-corrected chi connectivity index (χ1v) is 14.3. The number of benzene rings is 3. The molecule has 0 unspecified atom stereocenters. The maximum Gasteiger partial charge on any atom is 0.264 e. The lowest BCUT2D eigenvalue weighted by molar-refractivity contribution is -0.119. The van der Waals surface area contributed by atoms with Gasteiger partial charge in [0, 0.05) is 11.5 Å². The highest BCUT2D eigenvalue weighted by Gasteiger charge is 2.28. The zero-order valence-corrected chi connectivity index (χ0v) is 22.6. The fourth-order valence-corrected chi connectivity index (χ4v) is 5.64. The summed E-state index contributed by atoms with van der Waals surface area (Å²) in [7, 11) is -2.63. The summed E-state index contributed by atoms with van der Waals surface area (Å²) in [6, 6.07) is 18.2. The van der Waals surface area contributed by atoms with Crippen molar-refractivity contribution in [2.24, 2.45) is 5.10 Å². The first-order valence-electron chi connectivity index (χ1n) is 11.4. The first-order chi connectivity index (χ1) is 17.8. The predicted molar refractivity (Wildman–Crippen MR) is 148 cm³/mol. The number of methoxy groups -OCH3 is 1. The van der Waals surface area contributed by atoms with Crippen molar-refractivity contribution in [3.05, 3.63) is 82.9 Å². The average molecular weight is 560 g/mol. The average Bonchev–Trinajstić information content (AvgIpc) is 2.86. The van der Waals surface area contributed by atoms with Crippen LogP contribution in [0.3, 0.4) is 0 Å². The quantitative estimate of drug-likeness (QED) is 0.290. The monoisotopic (exact) mass is 559 g/mol. The summed E-state index contributed by atoms with van der Waals surface area (Å²) in [4.78, 5) is 12.8. The Labute approximate surface area is 225 Å². The van der Waals surface area contributed by atoms with Crippen LogP contribution >= 0.6 is 23.4 Å². The zero-order chi connectivity index (χ0) is 26.4. The summed E-state index contributed by atoms with van der Waals surface area (Å²) < 4.78 is 39.0. The number of rotatable bonds is 10. The van der Waals surface area contributed by atoms with Gasteiger partial charge in [0.2, 0.25) is 0 Å². The number of hydrazone groups is 1. The van der Waals surface area contributed by atoms with Gasteiger partial charge in [-0.2, -0.15) is 16.9 Å². The highest BCUT2D eigenvalue weighted by Crippen LogP contribution is 2.32. The van der Waals surface area contributed by atoms with Crippen LogP contribution < -0.4 is 19.2 Å². The van der Waals surface area contributed by atoms with Gasteiger partial charge < -0.3 is 9.47 Å². The van der Waals surface area contributed by atoms with E-state index in [1.807, 2.05) is 43.0 Å². The lowest BCUT2D eigenvalue weighted by Crippen LogP contribution is -2.39. The molecule has 194 valence electrons. The second-order valence-electron chi connectivity index (χ2n) is 8.28. The smallest absolute Gasteiger partial charge is 0.264 e. The van der Waals surface area contributed by atoms with Crippen LogP contribution in [0.5, 0.6) is 11.5 Å². The molecule has 37 heavy (non-hydrogen) atoms. The third-order valence-electron chi connectivity index (χ3n) is 5.51. The largest absolute Gasteiger partial charge is 0.495 e. The van der Waals surface area contributed by atoms with E-state index < -0.39 is 22.5 Å². The second-order valence-corrected chi connectivity index (χ2v) is 11.6. The number of anilines is 1. The van der Waals surface area contributed by atoms with E-state index in [0.717, 1.165) is 32.7 Å². The summed E-state index contributed by atoms with van der Waals surface area (Å²) in [5, 5.41) is 4.20. The number of nitrogens with one attached hydrogen (secondary N) is 1. The molecule has 0 saturated carbocycles. The number of carbonyl (C=O) groups excluding carboxylic acids is 1. The highest BCUT2D eigenvalue weighted by atomic mass is 35.5. The topological polar surface area (TPSA) is 97.3 Å². The number of halogens is 1. The molecular weight excluding hydrogens is 534 g/mol. The van der Waals surface area contributed by atoms with Crippen molar-refractivity contribution >= 4 is 51.2 Å². The lowest BCUT2D eigenvalue weighted by atomic mass is 10.2. The van der Waals surface area contributed by atoms with Crippen LogP contribution in [0.2, 0.25) is 5.02 Å². The number of ether oxygens (including phenoxy) is 2. The van der Waals surface area contributed by atoms with E-state index in [9.17, 15) is 13.2 Å². The van der Waals surface area contributed by atoms with Crippen molar-refractivity contribution < 1.29 is 22.7 Å². The van der Waals surface area contributed by atoms with Gasteiger partial charge in [-0.3, -0.25) is 9.10 Å². The number of aryl methyl sites for hydroxylation is 1. The van der Waals surface area contributed by atoms with Crippen LogP contribution in [0.25, 0.3) is 0 Å². The van der Waals surface area contributed by atoms with Crippen molar-refractivity contribution in [1.29, 1.82) is 0 Å². The standard InChI is InChI=1S/C26H26ClN3O5S2/c1-18-3-10-23(11-4-18)37(32,33)30(20-7-12-25(34-2)24(27)13-20)15-26(31)29-28-14-19-5-8-21(9-6-19)35-22-16-36-17-22/h3-14,22H,15-17H2,1-2H3,(H,29,31)/b28-14-. The second kappa shape index (κ2) is 11.9. The van der Waals surface area contributed by atoms with Gasteiger partial charge in [-0.05, 0) is 67.1 Å². The Morgan fingerprint density at radius 1 is 1.14 bits per heavy atom. The molecule has 0 aromatic heterocycles. The molecule has 1 aliphatic heterocycles. The van der Waals surface area contributed by atoms with E-state index in [2.05, 4.69) is 10.5 Å². The minimum atomic E-state index is -4.09. The number of hydrogen-bond donors (Lipinski definition) is 1. The molecule has 1 saturated heterocycles. The van der Waals surface area contributed by atoms with Gasteiger partial charge in [-0.1, -0.05) is 29.3 Å². The van der Waals surface area contributed by atoms with Gasteiger partial charge in [-0.15, -0.1) is 0 Å². The molecule has 1 heterocycles. The molecule has 1 N–H and O–H groups in total. The minimum Gasteiger partial charge on any atom is -0.495 e. The minimum absolute atomic E-state index is 0.0455. The number of nitrogens with zero attached hydrogens (tertiary/aromatic N) is 2. The molecule has 3 aromatic rings. The molecule has 0 atom stereocenters. The molecular formula is C26H26ClN3O5S2. The van der Waals surface area contributed by atoms with Crippen molar-refractivity contribution in [2.75, 3.05) is 29.5 Å². The number of amides is 1. The molecule has 0 aliphatic carbocycles. The summed E-state index contributed by atoms with van der Waals surface area (Å²) in [6.45, 7) is 1.35. The van der Waals surface area contributed by atoms with Crippen molar-refractivity contribution in [1.82, 2.24) is 5.43 Å². The molecule has 3 aromatic carbocycles. The van der Waals surface area contributed by atoms with Crippen molar-refractivity contribution in [3.8, 4) is 11.5 Å². The van der Waals surface area contributed by atoms with Gasteiger partial charge in [-0.25, -0.2) is 13.8 Å². The Balaban J connectivity index is 1.49. The molecule has 1 aliphatic rings. The number of thioether (sulfide) groups is 1. The van der Waals surface area contributed by atoms with E-state index in [4.69, 9.17) is 21.1 Å². The fourth-order valence-electron chi connectivity index (χ4n) is 3.41. The van der Waals surface area contributed by atoms with Crippen LogP contribution in [0.4, 0.5) is 5.69 Å². The normalized spacial score (nSPS) is 13.7. The third-order valence-corrected chi connectivity index (χ3v) is 8.81. The number of sulfonamides is 1. The van der Waals surface area contributed by atoms with Gasteiger partial charge >= 0.3 is 0 Å². The zero-order valence-electron chi connectivity index (χ0n) is 20.3. The summed E-state index contributed by atoms with van der Waals surface area (Å²) in [5.74, 6) is 2.53. The Morgan fingerprint density at radius 2 is 1.84 bits per heavy atom. The molecule has 0 radical (unpaired) electrons. The van der Waals surface area contributed by atoms with E-state index in [-0.39, 0.29) is 21.7 Å². The maximum absolute atomic E-state index is 13.5. The van der Waals surface area contributed by atoms with Gasteiger partial charge in [0.25, 0.3) is 15.9 Å². The third kappa shape index (κ3) is 6.76. The molecule has 4 rings (SSSR count).